The fourth-order valence-electron chi connectivity index (χ4n) is 2.57. The lowest BCUT2D eigenvalue weighted by Gasteiger charge is -2.04. The number of nitrogens with one attached hydrogen (secondary N) is 1. The molecule has 0 fully saturated rings. The molecule has 0 atom stereocenters. The van der Waals surface area contributed by atoms with E-state index in [4.69, 9.17) is 0 Å². The SMILES string of the molecule is Cc1cccc2nnc(-c3cn[nH]c3-c3ccc(F)cc3)n12. The molecule has 3 heterocycles. The molecule has 0 saturated heterocycles. The van der Waals surface area contributed by atoms with Crippen molar-refractivity contribution >= 4 is 5.65 Å². The number of aromatic amines is 1. The second kappa shape index (κ2) is 4.77. The molecule has 4 rings (SSSR count). The summed E-state index contributed by atoms with van der Waals surface area (Å²) in [5, 5.41) is 15.6. The highest BCUT2D eigenvalue weighted by Gasteiger charge is 2.16. The van der Waals surface area contributed by atoms with Gasteiger partial charge in [-0.3, -0.25) is 9.50 Å². The number of halogens is 1. The summed E-state index contributed by atoms with van der Waals surface area (Å²) in [5.41, 5.74) is 4.27. The molecule has 0 unspecified atom stereocenters. The van der Waals surface area contributed by atoms with Crippen LogP contribution < -0.4 is 0 Å². The first-order valence-corrected chi connectivity index (χ1v) is 6.84. The lowest BCUT2D eigenvalue weighted by molar-refractivity contribution is 0.628. The van der Waals surface area contributed by atoms with Crippen LogP contribution in [0.2, 0.25) is 0 Å². The lowest BCUT2D eigenvalue weighted by Crippen LogP contribution is -1.94. The van der Waals surface area contributed by atoms with Gasteiger partial charge in [0, 0.05) is 11.3 Å². The minimum Gasteiger partial charge on any atom is -0.280 e. The average molecular weight is 293 g/mol. The van der Waals surface area contributed by atoms with Gasteiger partial charge < -0.3 is 0 Å². The van der Waals surface area contributed by atoms with Crippen LogP contribution in [-0.4, -0.2) is 24.8 Å². The molecule has 22 heavy (non-hydrogen) atoms. The van der Waals surface area contributed by atoms with Crippen molar-refractivity contribution in [2.75, 3.05) is 0 Å². The van der Waals surface area contributed by atoms with E-state index in [0.29, 0.717) is 5.82 Å². The Bertz CT molecular complexity index is 952. The van der Waals surface area contributed by atoms with E-state index >= 15 is 0 Å². The molecular weight excluding hydrogens is 281 g/mol. The zero-order valence-electron chi connectivity index (χ0n) is 11.8. The Kier molecular flexibility index (Phi) is 2.75. The summed E-state index contributed by atoms with van der Waals surface area (Å²) in [6, 6.07) is 12.1. The quantitative estimate of drug-likeness (QED) is 0.617. The third-order valence-electron chi connectivity index (χ3n) is 3.64. The number of hydrogen-bond donors (Lipinski definition) is 1. The molecule has 0 radical (unpaired) electrons. The van der Waals surface area contributed by atoms with E-state index in [9.17, 15) is 4.39 Å². The van der Waals surface area contributed by atoms with Crippen molar-refractivity contribution in [1.29, 1.82) is 0 Å². The molecule has 6 heteroatoms. The van der Waals surface area contributed by atoms with Crippen LogP contribution in [0.3, 0.4) is 0 Å². The summed E-state index contributed by atoms with van der Waals surface area (Å²) in [7, 11) is 0. The van der Waals surface area contributed by atoms with Crippen molar-refractivity contribution in [1.82, 2.24) is 24.8 Å². The summed E-state index contributed by atoms with van der Waals surface area (Å²) in [6.07, 6.45) is 1.71. The van der Waals surface area contributed by atoms with Crippen LogP contribution in [0.15, 0.2) is 48.7 Å². The maximum atomic E-state index is 13.1. The molecule has 4 aromatic rings. The number of hydrogen-bond acceptors (Lipinski definition) is 3. The van der Waals surface area contributed by atoms with E-state index in [0.717, 1.165) is 28.2 Å². The highest BCUT2D eigenvalue weighted by molar-refractivity contribution is 5.78. The number of H-pyrrole nitrogens is 1. The number of fused-ring (bicyclic) bond motifs is 1. The van der Waals surface area contributed by atoms with Gasteiger partial charge in [0.15, 0.2) is 11.5 Å². The largest absolute Gasteiger partial charge is 0.280 e. The van der Waals surface area contributed by atoms with E-state index in [1.54, 1.807) is 18.3 Å². The third kappa shape index (κ3) is 1.88. The van der Waals surface area contributed by atoms with Gasteiger partial charge in [-0.15, -0.1) is 10.2 Å². The first kappa shape index (κ1) is 12.7. The minimum absolute atomic E-state index is 0.270. The number of rotatable bonds is 2. The topological polar surface area (TPSA) is 58.9 Å². The second-order valence-electron chi connectivity index (χ2n) is 5.05. The Morgan fingerprint density at radius 1 is 1.05 bits per heavy atom. The maximum Gasteiger partial charge on any atom is 0.172 e. The highest BCUT2D eigenvalue weighted by Crippen LogP contribution is 2.29. The average Bonchev–Trinajstić information content (AvgIpc) is 3.14. The summed E-state index contributed by atoms with van der Waals surface area (Å²) >= 11 is 0. The number of aromatic nitrogens is 5. The van der Waals surface area contributed by atoms with Crippen LogP contribution in [0, 0.1) is 12.7 Å². The van der Waals surface area contributed by atoms with Crippen molar-refractivity contribution in [3.05, 3.63) is 60.2 Å². The molecule has 5 nitrogen and oxygen atoms in total. The molecule has 0 aliphatic carbocycles. The molecule has 108 valence electrons. The Labute approximate surface area is 125 Å². The third-order valence-corrected chi connectivity index (χ3v) is 3.64. The second-order valence-corrected chi connectivity index (χ2v) is 5.05. The van der Waals surface area contributed by atoms with Crippen LogP contribution >= 0.6 is 0 Å². The fourth-order valence-corrected chi connectivity index (χ4v) is 2.57. The van der Waals surface area contributed by atoms with Crippen molar-refractivity contribution in [3.8, 4) is 22.6 Å². The number of nitrogens with zero attached hydrogens (tertiary/aromatic N) is 4. The molecule has 0 saturated carbocycles. The van der Waals surface area contributed by atoms with E-state index < -0.39 is 0 Å². The summed E-state index contributed by atoms with van der Waals surface area (Å²) in [6.45, 7) is 2.00. The monoisotopic (exact) mass is 293 g/mol. The lowest BCUT2D eigenvalue weighted by atomic mass is 10.1. The normalized spacial score (nSPS) is 11.2. The smallest absolute Gasteiger partial charge is 0.172 e. The van der Waals surface area contributed by atoms with Gasteiger partial charge in [-0.1, -0.05) is 6.07 Å². The minimum atomic E-state index is -0.270. The standard InChI is InChI=1S/C16H12FN5/c1-10-3-2-4-14-19-21-16(22(10)14)13-9-18-20-15(13)11-5-7-12(17)8-6-11/h2-9H,1H3,(H,18,20). The van der Waals surface area contributed by atoms with Crippen molar-refractivity contribution in [3.63, 3.8) is 0 Å². The molecule has 0 aliphatic heterocycles. The van der Waals surface area contributed by atoms with E-state index in [1.807, 2.05) is 29.5 Å². The van der Waals surface area contributed by atoms with Crippen LogP contribution in [-0.2, 0) is 0 Å². The van der Waals surface area contributed by atoms with E-state index in [2.05, 4.69) is 20.4 Å². The first-order chi connectivity index (χ1) is 10.7. The number of aryl methyl sites for hydroxylation is 1. The summed E-state index contributed by atoms with van der Waals surface area (Å²) in [5.74, 6) is 0.440. The van der Waals surface area contributed by atoms with E-state index in [-0.39, 0.29) is 5.82 Å². The Morgan fingerprint density at radius 3 is 2.68 bits per heavy atom. The predicted molar refractivity (Wildman–Crippen MR) is 80.7 cm³/mol. The van der Waals surface area contributed by atoms with Gasteiger partial charge in [0.2, 0.25) is 0 Å². The van der Waals surface area contributed by atoms with Gasteiger partial charge in [-0.25, -0.2) is 4.39 Å². The molecule has 0 aliphatic rings. The number of benzene rings is 1. The van der Waals surface area contributed by atoms with Crippen molar-refractivity contribution < 1.29 is 4.39 Å². The number of pyridine rings is 1. The molecule has 0 bridgehead atoms. The zero-order chi connectivity index (χ0) is 15.1. The molecule has 1 N–H and O–H groups in total. The zero-order valence-corrected chi connectivity index (χ0v) is 11.8. The van der Waals surface area contributed by atoms with Gasteiger partial charge in [0.05, 0.1) is 17.5 Å². The van der Waals surface area contributed by atoms with Crippen LogP contribution in [0.4, 0.5) is 4.39 Å². The van der Waals surface area contributed by atoms with Gasteiger partial charge in [0.1, 0.15) is 5.82 Å². The fraction of sp³-hybridized carbons (Fsp3) is 0.0625. The first-order valence-electron chi connectivity index (χ1n) is 6.84. The highest BCUT2D eigenvalue weighted by atomic mass is 19.1. The van der Waals surface area contributed by atoms with Crippen LogP contribution in [0.1, 0.15) is 5.69 Å². The van der Waals surface area contributed by atoms with Gasteiger partial charge in [-0.05, 0) is 43.3 Å². The molecule has 0 amide bonds. The summed E-state index contributed by atoms with van der Waals surface area (Å²) in [4.78, 5) is 0. The van der Waals surface area contributed by atoms with Crippen molar-refractivity contribution in [2.45, 2.75) is 6.92 Å². The van der Waals surface area contributed by atoms with Gasteiger partial charge in [0.25, 0.3) is 0 Å². The summed E-state index contributed by atoms with van der Waals surface area (Å²) < 4.78 is 15.1. The molecular formula is C16H12FN5. The van der Waals surface area contributed by atoms with Crippen molar-refractivity contribution in [2.24, 2.45) is 0 Å². The van der Waals surface area contributed by atoms with Gasteiger partial charge in [-0.2, -0.15) is 5.10 Å². The Hall–Kier alpha value is -3.02. The molecule has 0 spiro atoms. The van der Waals surface area contributed by atoms with Crippen LogP contribution in [0.25, 0.3) is 28.3 Å². The maximum absolute atomic E-state index is 13.1. The molecule has 3 aromatic heterocycles. The van der Waals surface area contributed by atoms with E-state index in [1.165, 1.54) is 12.1 Å². The molecule has 1 aromatic carbocycles. The van der Waals surface area contributed by atoms with Crippen LogP contribution in [0.5, 0.6) is 0 Å². The Morgan fingerprint density at radius 2 is 1.86 bits per heavy atom. The Balaban J connectivity index is 1.94. The van der Waals surface area contributed by atoms with Gasteiger partial charge >= 0.3 is 0 Å². The predicted octanol–water partition coefficient (Wildman–Crippen LogP) is 3.23.